The molecule has 0 amide bonds. The van der Waals surface area contributed by atoms with E-state index in [2.05, 4.69) is 10.2 Å². The molecular formula is C21H19FN4O2S2. The van der Waals surface area contributed by atoms with Gasteiger partial charge < -0.3 is 14.0 Å². The molecule has 0 aliphatic rings. The van der Waals surface area contributed by atoms with Crippen molar-refractivity contribution in [2.24, 2.45) is 7.05 Å². The molecule has 0 spiro atoms. The smallest absolute Gasteiger partial charge is 0.191 e. The monoisotopic (exact) mass is 442 g/mol. The van der Waals surface area contributed by atoms with Gasteiger partial charge >= 0.3 is 0 Å². The Morgan fingerprint density at radius 2 is 1.73 bits per heavy atom. The summed E-state index contributed by atoms with van der Waals surface area (Å²) in [5.41, 5.74) is 2.76. The largest absolute Gasteiger partial charge is 0.493 e. The van der Waals surface area contributed by atoms with Crippen molar-refractivity contribution >= 4 is 23.1 Å². The Morgan fingerprint density at radius 1 is 1.00 bits per heavy atom. The Balaban J connectivity index is 1.47. The summed E-state index contributed by atoms with van der Waals surface area (Å²) < 4.78 is 25.7. The van der Waals surface area contributed by atoms with Crippen molar-refractivity contribution in [3.05, 3.63) is 59.4 Å². The number of halogens is 1. The Bertz CT molecular complexity index is 1160. The molecule has 0 saturated carbocycles. The average Bonchev–Trinajstić information content (AvgIpc) is 3.39. The second-order valence-electron chi connectivity index (χ2n) is 6.37. The summed E-state index contributed by atoms with van der Waals surface area (Å²) in [6, 6.07) is 12.0. The fraction of sp³-hybridized carbons (Fsp3) is 0.190. The number of rotatable bonds is 7. The van der Waals surface area contributed by atoms with E-state index in [4.69, 9.17) is 14.5 Å². The van der Waals surface area contributed by atoms with Gasteiger partial charge in [0.25, 0.3) is 0 Å². The molecule has 0 N–H and O–H groups in total. The van der Waals surface area contributed by atoms with Crippen LogP contribution in [0, 0.1) is 5.82 Å². The predicted octanol–water partition coefficient (Wildman–Crippen LogP) is 5.05. The first-order chi connectivity index (χ1) is 14.6. The van der Waals surface area contributed by atoms with Crippen LogP contribution in [-0.4, -0.2) is 34.0 Å². The Hall–Kier alpha value is -2.91. The van der Waals surface area contributed by atoms with Crippen molar-refractivity contribution in [2.45, 2.75) is 10.9 Å². The maximum atomic E-state index is 13.2. The second kappa shape index (κ2) is 8.85. The normalized spacial score (nSPS) is 10.9. The van der Waals surface area contributed by atoms with Gasteiger partial charge in [0.1, 0.15) is 10.8 Å². The number of aromatic nitrogens is 4. The summed E-state index contributed by atoms with van der Waals surface area (Å²) in [6.45, 7) is 0. The third-order valence-electron chi connectivity index (χ3n) is 4.47. The second-order valence-corrected chi connectivity index (χ2v) is 8.18. The number of ether oxygens (including phenoxy) is 2. The van der Waals surface area contributed by atoms with Crippen LogP contribution in [0.1, 0.15) is 5.69 Å². The maximum Gasteiger partial charge on any atom is 0.191 e. The average molecular weight is 443 g/mol. The molecular weight excluding hydrogens is 423 g/mol. The molecule has 2 aromatic heterocycles. The van der Waals surface area contributed by atoms with Crippen LogP contribution in [0.25, 0.3) is 22.0 Å². The van der Waals surface area contributed by atoms with E-state index in [1.54, 1.807) is 49.5 Å². The van der Waals surface area contributed by atoms with Crippen LogP contribution in [0.3, 0.4) is 0 Å². The van der Waals surface area contributed by atoms with Gasteiger partial charge in [-0.25, -0.2) is 9.37 Å². The zero-order valence-electron chi connectivity index (χ0n) is 16.6. The summed E-state index contributed by atoms with van der Waals surface area (Å²) in [6.07, 6.45) is 0. The third-order valence-corrected chi connectivity index (χ3v) is 6.46. The van der Waals surface area contributed by atoms with Gasteiger partial charge in [-0.05, 0) is 42.5 Å². The first-order valence-electron chi connectivity index (χ1n) is 9.04. The lowest BCUT2D eigenvalue weighted by Gasteiger charge is -2.08. The standard InChI is InChI=1S/C21H19FN4O2S2/c1-26-19(13-4-7-15(22)8-5-13)24-25-21(26)30-12-16-11-29-20(23-16)14-6-9-17(27-2)18(10-14)28-3/h4-11H,12H2,1-3H3. The summed E-state index contributed by atoms with van der Waals surface area (Å²) in [4.78, 5) is 4.73. The molecule has 2 heterocycles. The van der Waals surface area contributed by atoms with E-state index in [1.807, 2.05) is 35.2 Å². The van der Waals surface area contributed by atoms with E-state index in [-0.39, 0.29) is 5.82 Å². The van der Waals surface area contributed by atoms with Gasteiger partial charge in [0.05, 0.1) is 19.9 Å². The SMILES string of the molecule is COc1ccc(-c2nc(CSc3nnc(-c4ccc(F)cc4)n3C)cs2)cc1OC. The van der Waals surface area contributed by atoms with Crippen LogP contribution >= 0.6 is 23.1 Å². The predicted molar refractivity (Wildman–Crippen MR) is 117 cm³/mol. The summed E-state index contributed by atoms with van der Waals surface area (Å²) in [5.74, 6) is 2.45. The van der Waals surface area contributed by atoms with E-state index < -0.39 is 0 Å². The van der Waals surface area contributed by atoms with Gasteiger partial charge in [-0.1, -0.05) is 11.8 Å². The maximum absolute atomic E-state index is 13.2. The van der Waals surface area contributed by atoms with Crippen molar-refractivity contribution in [2.75, 3.05) is 14.2 Å². The molecule has 30 heavy (non-hydrogen) atoms. The van der Waals surface area contributed by atoms with Crippen molar-refractivity contribution in [3.63, 3.8) is 0 Å². The minimum absolute atomic E-state index is 0.274. The molecule has 4 aromatic rings. The van der Waals surface area contributed by atoms with Crippen LogP contribution in [0.15, 0.2) is 53.0 Å². The van der Waals surface area contributed by atoms with Crippen LogP contribution < -0.4 is 9.47 Å². The molecule has 0 atom stereocenters. The highest BCUT2D eigenvalue weighted by molar-refractivity contribution is 7.98. The van der Waals surface area contributed by atoms with Gasteiger partial charge in [-0.3, -0.25) is 0 Å². The number of methoxy groups -OCH3 is 2. The molecule has 0 fully saturated rings. The van der Waals surface area contributed by atoms with Crippen molar-refractivity contribution in [3.8, 4) is 33.5 Å². The molecule has 0 unspecified atom stereocenters. The highest BCUT2D eigenvalue weighted by atomic mass is 32.2. The Morgan fingerprint density at radius 3 is 2.47 bits per heavy atom. The van der Waals surface area contributed by atoms with Crippen molar-refractivity contribution < 1.29 is 13.9 Å². The van der Waals surface area contributed by atoms with E-state index >= 15 is 0 Å². The van der Waals surface area contributed by atoms with Gasteiger partial charge in [0, 0.05) is 29.3 Å². The minimum atomic E-state index is -0.274. The van der Waals surface area contributed by atoms with E-state index in [0.29, 0.717) is 23.1 Å². The van der Waals surface area contributed by atoms with E-state index in [0.717, 1.165) is 27.0 Å². The first kappa shape index (κ1) is 20.4. The molecule has 154 valence electrons. The summed E-state index contributed by atoms with van der Waals surface area (Å²) in [7, 11) is 5.13. The zero-order valence-corrected chi connectivity index (χ0v) is 18.3. The van der Waals surface area contributed by atoms with Crippen molar-refractivity contribution in [1.82, 2.24) is 19.7 Å². The molecule has 6 nitrogen and oxygen atoms in total. The first-order valence-corrected chi connectivity index (χ1v) is 10.9. The lowest BCUT2D eigenvalue weighted by atomic mass is 10.2. The van der Waals surface area contributed by atoms with E-state index in [1.165, 1.54) is 12.1 Å². The number of nitrogens with zero attached hydrogens (tertiary/aromatic N) is 4. The Labute approximate surface area is 181 Å². The molecule has 2 aromatic carbocycles. The molecule has 4 rings (SSSR count). The third kappa shape index (κ3) is 4.17. The fourth-order valence-corrected chi connectivity index (χ4v) is 4.63. The van der Waals surface area contributed by atoms with Gasteiger partial charge in [-0.15, -0.1) is 21.5 Å². The topological polar surface area (TPSA) is 62.1 Å². The lowest BCUT2D eigenvalue weighted by Crippen LogP contribution is -1.95. The highest BCUT2D eigenvalue weighted by Gasteiger charge is 2.13. The Kier molecular flexibility index (Phi) is 6.01. The number of hydrogen-bond donors (Lipinski definition) is 0. The lowest BCUT2D eigenvalue weighted by molar-refractivity contribution is 0.355. The molecule has 0 aliphatic heterocycles. The zero-order chi connectivity index (χ0) is 21.1. The van der Waals surface area contributed by atoms with Gasteiger partial charge in [-0.2, -0.15) is 0 Å². The number of hydrogen-bond acceptors (Lipinski definition) is 7. The fourth-order valence-electron chi connectivity index (χ4n) is 2.90. The van der Waals surface area contributed by atoms with Gasteiger partial charge in [0.15, 0.2) is 22.5 Å². The molecule has 0 saturated heterocycles. The quantitative estimate of drug-likeness (QED) is 0.373. The minimum Gasteiger partial charge on any atom is -0.493 e. The summed E-state index contributed by atoms with van der Waals surface area (Å²) in [5, 5.41) is 12.2. The van der Waals surface area contributed by atoms with Crippen molar-refractivity contribution in [1.29, 1.82) is 0 Å². The van der Waals surface area contributed by atoms with E-state index in [9.17, 15) is 4.39 Å². The molecule has 0 radical (unpaired) electrons. The van der Waals surface area contributed by atoms with Gasteiger partial charge in [0.2, 0.25) is 0 Å². The van der Waals surface area contributed by atoms with Crippen LogP contribution in [0.2, 0.25) is 0 Å². The number of thioether (sulfide) groups is 1. The molecule has 9 heteroatoms. The van der Waals surface area contributed by atoms with Crippen LogP contribution in [0.4, 0.5) is 4.39 Å². The highest BCUT2D eigenvalue weighted by Crippen LogP contribution is 2.34. The number of benzene rings is 2. The van der Waals surface area contributed by atoms with Crippen LogP contribution in [0.5, 0.6) is 11.5 Å². The van der Waals surface area contributed by atoms with Crippen LogP contribution in [-0.2, 0) is 12.8 Å². The summed E-state index contributed by atoms with van der Waals surface area (Å²) >= 11 is 3.13. The molecule has 0 aliphatic carbocycles. The molecule has 0 bridgehead atoms. The number of thiazole rings is 1.